The molecule has 9 heteroatoms. The lowest BCUT2D eigenvalue weighted by molar-refractivity contribution is 0.252. The van der Waals surface area contributed by atoms with Crippen molar-refractivity contribution in [3.63, 3.8) is 0 Å². The molecule has 0 saturated carbocycles. The molecule has 7 nitrogen and oxygen atoms in total. The van der Waals surface area contributed by atoms with Crippen molar-refractivity contribution in [2.45, 2.75) is 11.3 Å². The van der Waals surface area contributed by atoms with E-state index in [4.69, 9.17) is 10.4 Å². The van der Waals surface area contributed by atoms with Crippen LogP contribution in [-0.2, 0) is 16.4 Å². The standard InChI is InChI=1S/C16H15FN4O3S/c17-13-3-6-15(12(9-13)10-18)21-16(22)20-8-7-11-1-4-14(5-2-11)25(19,23)24/h1-6,9H,7-8H2,(H2,19,23,24)(H2,20,21,22). The van der Waals surface area contributed by atoms with Crippen molar-refractivity contribution < 1.29 is 17.6 Å². The highest BCUT2D eigenvalue weighted by Gasteiger charge is 2.09. The quantitative estimate of drug-likeness (QED) is 0.748. The molecule has 0 fully saturated rings. The maximum atomic E-state index is 13.0. The second-order valence-corrected chi connectivity index (χ2v) is 6.68. The fourth-order valence-electron chi connectivity index (χ4n) is 2.05. The molecule has 0 unspecified atom stereocenters. The molecular formula is C16H15FN4O3S. The summed E-state index contributed by atoms with van der Waals surface area (Å²) in [5.41, 5.74) is 1.04. The molecule has 2 rings (SSSR count). The Hall–Kier alpha value is -2.96. The fraction of sp³-hybridized carbons (Fsp3) is 0.125. The van der Waals surface area contributed by atoms with E-state index in [9.17, 15) is 17.6 Å². The summed E-state index contributed by atoms with van der Waals surface area (Å²) in [6.07, 6.45) is 0.465. The molecule has 0 radical (unpaired) electrons. The second-order valence-electron chi connectivity index (χ2n) is 5.12. The number of hydrogen-bond acceptors (Lipinski definition) is 4. The topological polar surface area (TPSA) is 125 Å². The number of hydrogen-bond donors (Lipinski definition) is 3. The minimum Gasteiger partial charge on any atom is -0.338 e. The minimum atomic E-state index is -3.73. The van der Waals surface area contributed by atoms with Crippen LogP contribution in [0.4, 0.5) is 14.9 Å². The average molecular weight is 362 g/mol. The Labute approximate surface area is 144 Å². The molecule has 2 aromatic carbocycles. The summed E-state index contributed by atoms with van der Waals surface area (Å²) in [4.78, 5) is 11.8. The van der Waals surface area contributed by atoms with Crippen LogP contribution in [0.1, 0.15) is 11.1 Å². The molecule has 0 bridgehead atoms. The number of nitrogens with one attached hydrogen (secondary N) is 2. The van der Waals surface area contributed by atoms with Gasteiger partial charge in [-0.1, -0.05) is 12.1 Å². The fourth-order valence-corrected chi connectivity index (χ4v) is 2.57. The molecule has 0 atom stereocenters. The van der Waals surface area contributed by atoms with E-state index >= 15 is 0 Å². The lowest BCUT2D eigenvalue weighted by Gasteiger charge is -2.09. The van der Waals surface area contributed by atoms with Crippen molar-refractivity contribution in [1.29, 1.82) is 5.26 Å². The molecule has 2 amide bonds. The molecule has 25 heavy (non-hydrogen) atoms. The number of urea groups is 1. The van der Waals surface area contributed by atoms with Gasteiger partial charge in [0.2, 0.25) is 10.0 Å². The van der Waals surface area contributed by atoms with Gasteiger partial charge in [-0.2, -0.15) is 5.26 Å². The Kier molecular flexibility index (Phi) is 5.69. The third kappa shape index (κ3) is 5.27. The van der Waals surface area contributed by atoms with Crippen LogP contribution in [-0.4, -0.2) is 21.0 Å². The normalized spacial score (nSPS) is 10.8. The van der Waals surface area contributed by atoms with E-state index in [0.717, 1.165) is 17.7 Å². The summed E-state index contributed by atoms with van der Waals surface area (Å²) in [6.45, 7) is 0.281. The first-order chi connectivity index (χ1) is 11.8. The zero-order valence-corrected chi connectivity index (χ0v) is 13.8. The van der Waals surface area contributed by atoms with Crippen LogP contribution >= 0.6 is 0 Å². The maximum Gasteiger partial charge on any atom is 0.319 e. The number of primary sulfonamides is 1. The van der Waals surface area contributed by atoms with Gasteiger partial charge in [-0.25, -0.2) is 22.7 Å². The zero-order valence-electron chi connectivity index (χ0n) is 13.0. The van der Waals surface area contributed by atoms with E-state index < -0.39 is 21.9 Å². The van der Waals surface area contributed by atoms with Gasteiger partial charge >= 0.3 is 6.03 Å². The van der Waals surface area contributed by atoms with Gasteiger partial charge in [0, 0.05) is 6.54 Å². The van der Waals surface area contributed by atoms with E-state index in [2.05, 4.69) is 10.6 Å². The van der Waals surface area contributed by atoms with Gasteiger partial charge in [0.25, 0.3) is 0 Å². The molecule has 4 N–H and O–H groups in total. The molecule has 0 aliphatic heterocycles. The number of sulfonamides is 1. The number of rotatable bonds is 5. The Balaban J connectivity index is 1.88. The van der Waals surface area contributed by atoms with Gasteiger partial charge in [-0.15, -0.1) is 0 Å². The highest BCUT2D eigenvalue weighted by molar-refractivity contribution is 7.89. The van der Waals surface area contributed by atoms with Crippen LogP contribution in [0.25, 0.3) is 0 Å². The molecule has 0 aliphatic rings. The summed E-state index contributed by atoms with van der Waals surface area (Å²) >= 11 is 0. The van der Waals surface area contributed by atoms with Crippen molar-refractivity contribution in [1.82, 2.24) is 5.32 Å². The summed E-state index contributed by atoms with van der Waals surface area (Å²) in [5, 5.41) is 19.0. The highest BCUT2D eigenvalue weighted by Crippen LogP contribution is 2.15. The van der Waals surface area contributed by atoms with Crippen LogP contribution in [0.5, 0.6) is 0 Å². The third-order valence-electron chi connectivity index (χ3n) is 3.30. The molecule has 0 aliphatic carbocycles. The molecule has 0 heterocycles. The minimum absolute atomic E-state index is 0.0160. The number of amides is 2. The zero-order chi connectivity index (χ0) is 18.4. The van der Waals surface area contributed by atoms with Crippen LogP contribution in [0.3, 0.4) is 0 Å². The number of carbonyl (C=O) groups excluding carboxylic acids is 1. The van der Waals surface area contributed by atoms with E-state index in [1.165, 1.54) is 18.2 Å². The van der Waals surface area contributed by atoms with E-state index in [0.29, 0.717) is 6.42 Å². The second kappa shape index (κ2) is 7.74. The Morgan fingerprint density at radius 1 is 1.20 bits per heavy atom. The largest absolute Gasteiger partial charge is 0.338 e. The van der Waals surface area contributed by atoms with Gasteiger partial charge in [-0.3, -0.25) is 0 Å². The first kappa shape index (κ1) is 18.4. The van der Waals surface area contributed by atoms with Crippen molar-refractivity contribution >= 4 is 21.7 Å². The van der Waals surface area contributed by atoms with Crippen molar-refractivity contribution in [3.8, 4) is 6.07 Å². The number of carbonyl (C=O) groups is 1. The number of nitrogens with zero attached hydrogens (tertiary/aromatic N) is 1. The molecule has 130 valence electrons. The molecule has 0 aromatic heterocycles. The summed E-state index contributed by atoms with van der Waals surface area (Å²) in [7, 11) is -3.73. The van der Waals surface area contributed by atoms with Crippen molar-refractivity contribution in [2.75, 3.05) is 11.9 Å². The van der Waals surface area contributed by atoms with Gasteiger partial charge < -0.3 is 10.6 Å². The van der Waals surface area contributed by atoms with Crippen LogP contribution in [0.15, 0.2) is 47.4 Å². The summed E-state index contributed by atoms with van der Waals surface area (Å²) in [6, 6.07) is 10.7. The van der Waals surface area contributed by atoms with Crippen molar-refractivity contribution in [3.05, 3.63) is 59.4 Å². The lowest BCUT2D eigenvalue weighted by atomic mass is 10.1. The SMILES string of the molecule is N#Cc1cc(F)ccc1NC(=O)NCCc1ccc(S(N)(=O)=O)cc1. The van der Waals surface area contributed by atoms with E-state index in [-0.39, 0.29) is 22.7 Å². The summed E-state index contributed by atoms with van der Waals surface area (Å²) in [5.74, 6) is -0.564. The average Bonchev–Trinajstić information content (AvgIpc) is 2.56. The van der Waals surface area contributed by atoms with Gasteiger partial charge in [0.05, 0.1) is 16.1 Å². The first-order valence-corrected chi connectivity index (χ1v) is 8.70. The van der Waals surface area contributed by atoms with Gasteiger partial charge in [0.15, 0.2) is 0 Å². The maximum absolute atomic E-state index is 13.0. The molecule has 2 aromatic rings. The first-order valence-electron chi connectivity index (χ1n) is 7.16. The number of halogens is 1. The number of nitriles is 1. The Bertz CT molecular complexity index is 921. The predicted octanol–water partition coefficient (Wildman–Crippen LogP) is 1.71. The Morgan fingerprint density at radius 3 is 2.48 bits per heavy atom. The monoisotopic (exact) mass is 362 g/mol. The van der Waals surface area contributed by atoms with Gasteiger partial charge in [-0.05, 0) is 42.3 Å². The Morgan fingerprint density at radius 2 is 1.88 bits per heavy atom. The molecular weight excluding hydrogens is 347 g/mol. The van der Waals surface area contributed by atoms with E-state index in [1.54, 1.807) is 18.2 Å². The smallest absolute Gasteiger partial charge is 0.319 e. The van der Waals surface area contributed by atoms with Crippen LogP contribution < -0.4 is 15.8 Å². The number of nitrogens with two attached hydrogens (primary N) is 1. The van der Waals surface area contributed by atoms with Crippen LogP contribution in [0.2, 0.25) is 0 Å². The lowest BCUT2D eigenvalue weighted by Crippen LogP contribution is -2.30. The highest BCUT2D eigenvalue weighted by atomic mass is 32.2. The van der Waals surface area contributed by atoms with Crippen molar-refractivity contribution in [2.24, 2.45) is 5.14 Å². The molecule has 0 spiro atoms. The predicted molar refractivity (Wildman–Crippen MR) is 89.7 cm³/mol. The van der Waals surface area contributed by atoms with E-state index in [1.807, 2.05) is 0 Å². The number of benzene rings is 2. The third-order valence-corrected chi connectivity index (χ3v) is 4.23. The summed E-state index contributed by atoms with van der Waals surface area (Å²) < 4.78 is 35.4. The number of anilines is 1. The molecule has 0 saturated heterocycles. The van der Waals surface area contributed by atoms with Gasteiger partial charge in [0.1, 0.15) is 11.9 Å². The van der Waals surface area contributed by atoms with Crippen LogP contribution in [0, 0.1) is 17.1 Å².